The first-order chi connectivity index (χ1) is 7.68. The average molecular weight is 276 g/mol. The van der Waals surface area contributed by atoms with Crippen LogP contribution in [-0.2, 0) is 0 Å². The van der Waals surface area contributed by atoms with Crippen molar-refractivity contribution in [3.8, 4) is 11.1 Å². The van der Waals surface area contributed by atoms with Crippen molar-refractivity contribution >= 4 is 15.9 Å². The largest absolute Gasteiger partial charge is 0.324 e. The normalized spacial score (nSPS) is 12.4. The van der Waals surface area contributed by atoms with Crippen molar-refractivity contribution in [3.05, 3.63) is 58.6 Å². The molecular weight excluding hydrogens is 262 g/mol. The fourth-order valence-electron chi connectivity index (χ4n) is 1.67. The number of rotatable bonds is 2. The predicted molar refractivity (Wildman–Crippen MR) is 72.2 cm³/mol. The van der Waals surface area contributed by atoms with Gasteiger partial charge in [0.15, 0.2) is 0 Å². The van der Waals surface area contributed by atoms with Crippen LogP contribution in [0.4, 0.5) is 0 Å². The quantitative estimate of drug-likeness (QED) is 0.876. The van der Waals surface area contributed by atoms with E-state index in [9.17, 15) is 0 Å². The van der Waals surface area contributed by atoms with Gasteiger partial charge < -0.3 is 5.73 Å². The zero-order valence-electron chi connectivity index (χ0n) is 9.15. The smallest absolute Gasteiger partial charge is 0.0266 e. The van der Waals surface area contributed by atoms with Gasteiger partial charge in [0.2, 0.25) is 0 Å². The first-order valence-corrected chi connectivity index (χ1v) is 6.08. The summed E-state index contributed by atoms with van der Waals surface area (Å²) in [7, 11) is 0. The molecule has 2 aromatic carbocycles. The number of hydrogen-bond acceptors (Lipinski definition) is 1. The minimum atomic E-state index is 0.0653. The molecule has 0 amide bonds. The van der Waals surface area contributed by atoms with Crippen molar-refractivity contribution in [2.45, 2.75) is 13.0 Å². The van der Waals surface area contributed by atoms with E-state index in [4.69, 9.17) is 5.73 Å². The number of halogens is 1. The summed E-state index contributed by atoms with van der Waals surface area (Å²) >= 11 is 3.58. The Morgan fingerprint density at radius 3 is 2.38 bits per heavy atom. The van der Waals surface area contributed by atoms with Gasteiger partial charge in [-0.25, -0.2) is 0 Å². The van der Waals surface area contributed by atoms with Gasteiger partial charge in [0, 0.05) is 10.5 Å². The first-order valence-electron chi connectivity index (χ1n) is 5.29. The van der Waals surface area contributed by atoms with Gasteiger partial charge in [-0.15, -0.1) is 0 Å². The standard InChI is InChI=1S/C14H14BrN/c1-10(16)12-7-8-14(15)13(9-12)11-5-3-2-4-6-11/h2-10H,16H2,1H3. The zero-order chi connectivity index (χ0) is 11.5. The fraction of sp³-hybridized carbons (Fsp3) is 0.143. The third-order valence-corrected chi connectivity index (χ3v) is 3.29. The van der Waals surface area contributed by atoms with Gasteiger partial charge in [-0.1, -0.05) is 52.3 Å². The Kier molecular flexibility index (Phi) is 3.42. The van der Waals surface area contributed by atoms with E-state index in [1.807, 2.05) is 25.1 Å². The zero-order valence-corrected chi connectivity index (χ0v) is 10.7. The molecule has 0 saturated heterocycles. The summed E-state index contributed by atoms with van der Waals surface area (Å²) in [5, 5.41) is 0. The van der Waals surface area contributed by atoms with Crippen molar-refractivity contribution in [3.63, 3.8) is 0 Å². The fourth-order valence-corrected chi connectivity index (χ4v) is 2.14. The summed E-state index contributed by atoms with van der Waals surface area (Å²) in [5.41, 5.74) is 9.45. The molecule has 2 heteroatoms. The van der Waals surface area contributed by atoms with Crippen LogP contribution in [0.25, 0.3) is 11.1 Å². The molecule has 0 heterocycles. The van der Waals surface area contributed by atoms with E-state index >= 15 is 0 Å². The molecule has 1 unspecified atom stereocenters. The molecule has 0 aromatic heterocycles. The second-order valence-electron chi connectivity index (χ2n) is 3.89. The molecule has 0 radical (unpaired) electrons. The van der Waals surface area contributed by atoms with Gasteiger partial charge in [0.05, 0.1) is 0 Å². The van der Waals surface area contributed by atoms with E-state index in [2.05, 4.69) is 46.3 Å². The maximum atomic E-state index is 5.90. The van der Waals surface area contributed by atoms with Crippen molar-refractivity contribution in [1.29, 1.82) is 0 Å². The maximum Gasteiger partial charge on any atom is 0.0266 e. The molecule has 2 rings (SSSR count). The Balaban J connectivity index is 2.52. The minimum Gasteiger partial charge on any atom is -0.324 e. The molecule has 0 aliphatic rings. The molecule has 0 aliphatic carbocycles. The molecular formula is C14H14BrN. The summed E-state index contributed by atoms with van der Waals surface area (Å²) in [5.74, 6) is 0. The van der Waals surface area contributed by atoms with Crippen molar-refractivity contribution in [2.75, 3.05) is 0 Å². The van der Waals surface area contributed by atoms with Crippen LogP contribution in [0.3, 0.4) is 0 Å². The number of benzene rings is 2. The van der Waals surface area contributed by atoms with Crippen LogP contribution in [0.15, 0.2) is 53.0 Å². The summed E-state index contributed by atoms with van der Waals surface area (Å²) < 4.78 is 1.10. The summed E-state index contributed by atoms with van der Waals surface area (Å²) in [6, 6.07) is 16.6. The lowest BCUT2D eigenvalue weighted by molar-refractivity contribution is 0.818. The Morgan fingerprint density at radius 1 is 1.06 bits per heavy atom. The van der Waals surface area contributed by atoms with Gasteiger partial charge in [-0.05, 0) is 35.7 Å². The van der Waals surface area contributed by atoms with E-state index in [-0.39, 0.29) is 6.04 Å². The lowest BCUT2D eigenvalue weighted by Crippen LogP contribution is -2.04. The summed E-state index contributed by atoms with van der Waals surface area (Å²) in [6.45, 7) is 2.00. The molecule has 82 valence electrons. The van der Waals surface area contributed by atoms with Gasteiger partial charge >= 0.3 is 0 Å². The Morgan fingerprint density at radius 2 is 1.75 bits per heavy atom. The Hall–Kier alpha value is -1.12. The average Bonchev–Trinajstić information content (AvgIpc) is 2.30. The lowest BCUT2D eigenvalue weighted by atomic mass is 10.0. The second-order valence-corrected chi connectivity index (χ2v) is 4.75. The lowest BCUT2D eigenvalue weighted by Gasteiger charge is -2.10. The second kappa shape index (κ2) is 4.81. The molecule has 0 spiro atoms. The van der Waals surface area contributed by atoms with Crippen molar-refractivity contribution in [2.24, 2.45) is 5.73 Å². The SMILES string of the molecule is CC(N)c1ccc(Br)c(-c2ccccc2)c1. The van der Waals surface area contributed by atoms with Crippen LogP contribution in [0.1, 0.15) is 18.5 Å². The third kappa shape index (κ3) is 2.34. The highest BCUT2D eigenvalue weighted by Gasteiger charge is 2.06. The highest BCUT2D eigenvalue weighted by molar-refractivity contribution is 9.10. The van der Waals surface area contributed by atoms with E-state index < -0.39 is 0 Å². The van der Waals surface area contributed by atoms with E-state index in [1.54, 1.807) is 0 Å². The first kappa shape index (κ1) is 11.4. The van der Waals surface area contributed by atoms with Crippen molar-refractivity contribution < 1.29 is 0 Å². The van der Waals surface area contributed by atoms with Crippen LogP contribution in [0.5, 0.6) is 0 Å². The maximum absolute atomic E-state index is 5.90. The Labute approximate surface area is 104 Å². The molecule has 16 heavy (non-hydrogen) atoms. The topological polar surface area (TPSA) is 26.0 Å². The molecule has 0 bridgehead atoms. The van der Waals surface area contributed by atoms with E-state index in [0.717, 1.165) is 10.0 Å². The van der Waals surface area contributed by atoms with Crippen molar-refractivity contribution in [1.82, 2.24) is 0 Å². The van der Waals surface area contributed by atoms with Gasteiger partial charge in [0.25, 0.3) is 0 Å². The monoisotopic (exact) mass is 275 g/mol. The number of nitrogens with two attached hydrogens (primary N) is 1. The van der Waals surface area contributed by atoms with Gasteiger partial charge in [-0.2, -0.15) is 0 Å². The van der Waals surface area contributed by atoms with E-state index in [0.29, 0.717) is 0 Å². The molecule has 0 fully saturated rings. The summed E-state index contributed by atoms with van der Waals surface area (Å²) in [6.07, 6.45) is 0. The molecule has 2 aromatic rings. The van der Waals surface area contributed by atoms with Gasteiger partial charge in [0.1, 0.15) is 0 Å². The third-order valence-electron chi connectivity index (χ3n) is 2.60. The predicted octanol–water partition coefficient (Wildman–Crippen LogP) is 4.14. The van der Waals surface area contributed by atoms with Crippen LogP contribution in [0, 0.1) is 0 Å². The highest BCUT2D eigenvalue weighted by atomic mass is 79.9. The Bertz CT molecular complexity index is 477. The van der Waals surface area contributed by atoms with E-state index in [1.165, 1.54) is 11.1 Å². The molecule has 0 aliphatic heterocycles. The van der Waals surface area contributed by atoms with Crippen LogP contribution < -0.4 is 5.73 Å². The molecule has 1 atom stereocenters. The highest BCUT2D eigenvalue weighted by Crippen LogP contribution is 2.30. The molecule has 2 N–H and O–H groups in total. The van der Waals surface area contributed by atoms with Crippen LogP contribution >= 0.6 is 15.9 Å². The molecule has 1 nitrogen and oxygen atoms in total. The van der Waals surface area contributed by atoms with Gasteiger partial charge in [-0.3, -0.25) is 0 Å². The van der Waals surface area contributed by atoms with Crippen LogP contribution in [0.2, 0.25) is 0 Å². The van der Waals surface area contributed by atoms with Crippen LogP contribution in [-0.4, -0.2) is 0 Å². The minimum absolute atomic E-state index is 0.0653. The number of hydrogen-bond donors (Lipinski definition) is 1. The molecule has 0 saturated carbocycles. The summed E-state index contributed by atoms with van der Waals surface area (Å²) in [4.78, 5) is 0.